The monoisotopic (exact) mass is 365 g/mol. The van der Waals surface area contributed by atoms with Gasteiger partial charge >= 0.3 is 0 Å². The van der Waals surface area contributed by atoms with E-state index in [0.717, 1.165) is 56.0 Å². The second-order valence-corrected chi connectivity index (χ2v) is 7.45. The topological polar surface area (TPSA) is 47.0 Å². The van der Waals surface area contributed by atoms with Gasteiger partial charge in [-0.15, -0.1) is 0 Å². The van der Waals surface area contributed by atoms with E-state index in [0.29, 0.717) is 6.54 Å². The van der Waals surface area contributed by atoms with Gasteiger partial charge < -0.3 is 14.9 Å². The van der Waals surface area contributed by atoms with E-state index in [1.807, 2.05) is 23.1 Å². The molecule has 27 heavy (non-hydrogen) atoms. The zero-order valence-electron chi connectivity index (χ0n) is 15.8. The van der Waals surface area contributed by atoms with Gasteiger partial charge in [-0.2, -0.15) is 0 Å². The number of hydrogen-bond donors (Lipinski definition) is 1. The van der Waals surface area contributed by atoms with Gasteiger partial charge in [0.15, 0.2) is 0 Å². The van der Waals surface area contributed by atoms with E-state index in [1.165, 1.54) is 5.69 Å². The van der Waals surface area contributed by atoms with Gasteiger partial charge in [0.05, 0.1) is 6.10 Å². The van der Waals surface area contributed by atoms with Crippen LogP contribution in [0.15, 0.2) is 48.5 Å². The lowest BCUT2D eigenvalue weighted by Gasteiger charge is -2.37. The molecule has 0 aromatic heterocycles. The molecule has 5 heteroatoms. The van der Waals surface area contributed by atoms with E-state index in [-0.39, 0.29) is 5.91 Å². The van der Waals surface area contributed by atoms with E-state index in [9.17, 15) is 9.90 Å². The van der Waals surface area contributed by atoms with Crippen molar-refractivity contribution in [2.24, 2.45) is 0 Å². The van der Waals surface area contributed by atoms with Gasteiger partial charge in [-0.3, -0.25) is 9.69 Å². The van der Waals surface area contributed by atoms with Gasteiger partial charge in [-0.1, -0.05) is 30.3 Å². The van der Waals surface area contributed by atoms with Gasteiger partial charge in [0.25, 0.3) is 0 Å². The number of amides is 1. The van der Waals surface area contributed by atoms with Crippen LogP contribution >= 0.6 is 0 Å². The number of para-hydroxylation sites is 1. The van der Waals surface area contributed by atoms with E-state index < -0.39 is 6.10 Å². The van der Waals surface area contributed by atoms with Crippen molar-refractivity contribution in [1.29, 1.82) is 0 Å². The fourth-order valence-corrected chi connectivity index (χ4v) is 4.13. The van der Waals surface area contributed by atoms with Crippen LogP contribution in [0.4, 0.5) is 11.4 Å². The largest absolute Gasteiger partial charge is 0.387 e. The summed E-state index contributed by atoms with van der Waals surface area (Å²) < 4.78 is 0. The number of fused-ring (bicyclic) bond motifs is 1. The maximum atomic E-state index is 11.7. The highest BCUT2D eigenvalue weighted by atomic mass is 16.3. The molecule has 4 rings (SSSR count). The number of benzene rings is 2. The van der Waals surface area contributed by atoms with E-state index >= 15 is 0 Å². The maximum absolute atomic E-state index is 11.7. The van der Waals surface area contributed by atoms with Crippen LogP contribution in [-0.2, 0) is 11.2 Å². The molecule has 2 heterocycles. The Kier molecular flexibility index (Phi) is 5.14. The highest BCUT2D eigenvalue weighted by molar-refractivity contribution is 5.93. The molecule has 0 bridgehead atoms. The second kappa shape index (κ2) is 7.71. The summed E-state index contributed by atoms with van der Waals surface area (Å²) in [6, 6.07) is 16.5. The average molecular weight is 365 g/mol. The Morgan fingerprint density at radius 1 is 1.04 bits per heavy atom. The number of nitrogens with zero attached hydrogens (tertiary/aromatic N) is 3. The molecule has 0 saturated carbocycles. The number of aliphatic hydroxyl groups is 1. The Morgan fingerprint density at radius 2 is 1.78 bits per heavy atom. The first-order valence-electron chi connectivity index (χ1n) is 9.73. The predicted molar refractivity (Wildman–Crippen MR) is 108 cm³/mol. The van der Waals surface area contributed by atoms with Gasteiger partial charge in [0.1, 0.15) is 0 Å². The highest BCUT2D eigenvalue weighted by Crippen LogP contribution is 2.31. The Bertz CT molecular complexity index is 800. The molecule has 2 aliphatic heterocycles. The molecule has 1 fully saturated rings. The quantitative estimate of drug-likeness (QED) is 0.904. The summed E-state index contributed by atoms with van der Waals surface area (Å²) in [5.41, 5.74) is 4.38. The molecule has 142 valence electrons. The molecule has 1 saturated heterocycles. The van der Waals surface area contributed by atoms with Crippen molar-refractivity contribution in [3.63, 3.8) is 0 Å². The van der Waals surface area contributed by atoms with Crippen molar-refractivity contribution in [2.75, 3.05) is 49.1 Å². The first kappa shape index (κ1) is 18.0. The number of carbonyl (C=O) groups is 1. The van der Waals surface area contributed by atoms with Crippen molar-refractivity contribution in [3.05, 3.63) is 59.7 Å². The molecule has 1 amide bonds. The number of rotatable bonds is 4. The van der Waals surface area contributed by atoms with Gasteiger partial charge in [0.2, 0.25) is 5.91 Å². The molecule has 1 unspecified atom stereocenters. The molecular weight excluding hydrogens is 338 g/mol. The molecule has 2 aromatic carbocycles. The van der Waals surface area contributed by atoms with Crippen molar-refractivity contribution < 1.29 is 9.90 Å². The lowest BCUT2D eigenvalue weighted by molar-refractivity contribution is -0.116. The van der Waals surface area contributed by atoms with E-state index in [4.69, 9.17) is 0 Å². The third kappa shape index (κ3) is 3.84. The number of β-amino-alcohol motifs (C(OH)–C–C–N with tert-alkyl or cyclic N) is 1. The Hall–Kier alpha value is -2.37. The third-order valence-corrected chi connectivity index (χ3v) is 5.69. The third-order valence-electron chi connectivity index (χ3n) is 5.69. The van der Waals surface area contributed by atoms with Gasteiger partial charge in [-0.05, 0) is 35.7 Å². The van der Waals surface area contributed by atoms with Crippen molar-refractivity contribution in [1.82, 2.24) is 4.90 Å². The minimum absolute atomic E-state index is 0.0818. The number of carbonyl (C=O) groups excluding carboxylic acids is 1. The van der Waals surface area contributed by atoms with Crippen molar-refractivity contribution in [3.8, 4) is 0 Å². The second-order valence-electron chi connectivity index (χ2n) is 7.45. The van der Waals surface area contributed by atoms with Crippen LogP contribution in [0.2, 0.25) is 0 Å². The van der Waals surface area contributed by atoms with Crippen LogP contribution in [0.1, 0.15) is 24.2 Å². The molecule has 0 aliphatic carbocycles. The molecule has 0 spiro atoms. The van der Waals surface area contributed by atoms with Crippen LogP contribution < -0.4 is 9.80 Å². The first-order valence-corrected chi connectivity index (χ1v) is 9.73. The summed E-state index contributed by atoms with van der Waals surface area (Å²) in [5.74, 6) is 0.0818. The summed E-state index contributed by atoms with van der Waals surface area (Å²) in [6.45, 7) is 6.86. The van der Waals surface area contributed by atoms with Gasteiger partial charge in [0, 0.05) is 57.6 Å². The highest BCUT2D eigenvalue weighted by Gasteiger charge is 2.24. The first-order chi connectivity index (χ1) is 13.1. The standard InChI is InChI=1S/C22H27N3O2/c1-17(26)25-10-9-18-15-19(7-8-21(18)25)22(27)16-23-11-13-24(14-12-23)20-5-3-2-4-6-20/h2-8,15,22,27H,9-14,16H2,1H3. The number of aliphatic hydroxyl groups excluding tert-OH is 1. The summed E-state index contributed by atoms with van der Waals surface area (Å²) in [4.78, 5) is 18.2. The lowest BCUT2D eigenvalue weighted by atomic mass is 10.0. The fraction of sp³-hybridized carbons (Fsp3) is 0.409. The van der Waals surface area contributed by atoms with Crippen LogP contribution in [0, 0.1) is 0 Å². The van der Waals surface area contributed by atoms with Crippen molar-refractivity contribution in [2.45, 2.75) is 19.4 Å². The minimum Gasteiger partial charge on any atom is -0.387 e. The van der Waals surface area contributed by atoms with Crippen LogP contribution in [0.25, 0.3) is 0 Å². The maximum Gasteiger partial charge on any atom is 0.223 e. The average Bonchev–Trinajstić information content (AvgIpc) is 3.13. The Labute approximate surface area is 160 Å². The van der Waals surface area contributed by atoms with E-state index in [2.05, 4.69) is 40.1 Å². The Balaban J connectivity index is 1.35. The van der Waals surface area contributed by atoms with E-state index in [1.54, 1.807) is 6.92 Å². The fourth-order valence-electron chi connectivity index (χ4n) is 4.13. The number of piperazine rings is 1. The van der Waals surface area contributed by atoms with Crippen LogP contribution in [0.3, 0.4) is 0 Å². The molecule has 5 nitrogen and oxygen atoms in total. The number of anilines is 2. The normalized spacial score (nSPS) is 18.4. The summed E-state index contributed by atoms with van der Waals surface area (Å²) in [7, 11) is 0. The summed E-state index contributed by atoms with van der Waals surface area (Å²) in [5, 5.41) is 10.7. The lowest BCUT2D eigenvalue weighted by Crippen LogP contribution is -2.47. The molecule has 2 aromatic rings. The molecule has 0 radical (unpaired) electrons. The molecular formula is C22H27N3O2. The van der Waals surface area contributed by atoms with Crippen LogP contribution in [-0.4, -0.2) is 55.2 Å². The number of hydrogen-bond acceptors (Lipinski definition) is 4. The summed E-state index contributed by atoms with van der Waals surface area (Å²) in [6.07, 6.45) is 0.371. The predicted octanol–water partition coefficient (Wildman–Crippen LogP) is 2.45. The Morgan fingerprint density at radius 3 is 2.48 bits per heavy atom. The van der Waals surface area contributed by atoms with Gasteiger partial charge in [-0.25, -0.2) is 0 Å². The smallest absolute Gasteiger partial charge is 0.223 e. The van der Waals surface area contributed by atoms with Crippen molar-refractivity contribution >= 4 is 17.3 Å². The molecule has 1 atom stereocenters. The minimum atomic E-state index is -0.495. The summed E-state index contributed by atoms with van der Waals surface area (Å²) >= 11 is 0. The SMILES string of the molecule is CC(=O)N1CCc2cc(C(O)CN3CCN(c4ccccc4)CC3)ccc21. The van der Waals surface area contributed by atoms with Crippen LogP contribution in [0.5, 0.6) is 0 Å². The zero-order valence-corrected chi connectivity index (χ0v) is 15.8. The molecule has 1 N–H and O–H groups in total. The zero-order chi connectivity index (χ0) is 18.8. The molecule has 2 aliphatic rings.